The fourth-order valence-electron chi connectivity index (χ4n) is 3.01. The molecule has 1 aromatic rings. The lowest BCUT2D eigenvalue weighted by molar-refractivity contribution is 0.168. The van der Waals surface area contributed by atoms with Crippen LogP contribution in [0.4, 0.5) is 0 Å². The van der Waals surface area contributed by atoms with Crippen LogP contribution in [0.2, 0.25) is 0 Å². The van der Waals surface area contributed by atoms with Gasteiger partial charge in [-0.05, 0) is 31.2 Å². The summed E-state index contributed by atoms with van der Waals surface area (Å²) in [5, 5.41) is 0. The van der Waals surface area contributed by atoms with E-state index in [1.807, 2.05) is 0 Å². The number of nitrogens with zero attached hydrogens (tertiary/aromatic N) is 3. The first-order valence-corrected chi connectivity index (χ1v) is 6.92. The van der Waals surface area contributed by atoms with Crippen LogP contribution in [-0.4, -0.2) is 47.7 Å². The number of ether oxygens (including phenoxy) is 1. The molecule has 98 valence electrons. The Morgan fingerprint density at radius 3 is 3.06 bits per heavy atom. The van der Waals surface area contributed by atoms with Crippen molar-refractivity contribution in [1.82, 2.24) is 14.9 Å². The fourth-order valence-corrected chi connectivity index (χ4v) is 3.01. The number of hydrogen-bond acceptors (Lipinski definition) is 4. The van der Waals surface area contributed by atoms with Gasteiger partial charge in [-0.1, -0.05) is 0 Å². The van der Waals surface area contributed by atoms with Crippen molar-refractivity contribution >= 4 is 0 Å². The predicted molar refractivity (Wildman–Crippen MR) is 69.5 cm³/mol. The first-order valence-electron chi connectivity index (χ1n) is 6.92. The van der Waals surface area contributed by atoms with Gasteiger partial charge < -0.3 is 9.64 Å². The highest BCUT2D eigenvalue weighted by molar-refractivity contribution is 5.25. The van der Waals surface area contributed by atoms with Gasteiger partial charge in [0.15, 0.2) is 0 Å². The highest BCUT2D eigenvalue weighted by Crippen LogP contribution is 2.19. The molecule has 0 bridgehead atoms. The van der Waals surface area contributed by atoms with E-state index in [-0.39, 0.29) is 0 Å². The number of aromatic nitrogens is 2. The molecule has 18 heavy (non-hydrogen) atoms. The standard InChI is InChI=1S/C14H21N3O/c1-11-13-2-5-17(8-12-4-7-18-9-12)6-3-14(13)16-10-15-11/h10,12H,2-9H2,1H3/t12-/m0/s1. The van der Waals surface area contributed by atoms with Gasteiger partial charge >= 0.3 is 0 Å². The lowest BCUT2D eigenvalue weighted by Gasteiger charge is -2.22. The van der Waals surface area contributed by atoms with Crippen LogP contribution in [0, 0.1) is 12.8 Å². The molecule has 4 nitrogen and oxygen atoms in total. The topological polar surface area (TPSA) is 38.2 Å². The SMILES string of the molecule is Cc1ncnc2c1CCN(C[C@@H]1CCOC1)CC2. The first kappa shape index (κ1) is 12.1. The molecule has 1 fully saturated rings. The molecule has 0 saturated carbocycles. The van der Waals surface area contributed by atoms with Gasteiger partial charge in [0.25, 0.3) is 0 Å². The Kier molecular flexibility index (Phi) is 3.57. The third-order valence-electron chi connectivity index (χ3n) is 4.13. The predicted octanol–water partition coefficient (Wildman–Crippen LogP) is 1.22. The van der Waals surface area contributed by atoms with E-state index >= 15 is 0 Å². The summed E-state index contributed by atoms with van der Waals surface area (Å²) in [7, 11) is 0. The van der Waals surface area contributed by atoms with Crippen LogP contribution >= 0.6 is 0 Å². The molecule has 0 unspecified atom stereocenters. The Balaban J connectivity index is 1.65. The highest BCUT2D eigenvalue weighted by Gasteiger charge is 2.22. The normalized spacial score (nSPS) is 24.8. The number of rotatable bonds is 2. The van der Waals surface area contributed by atoms with Gasteiger partial charge in [-0.25, -0.2) is 9.97 Å². The molecule has 0 spiro atoms. The molecule has 1 saturated heterocycles. The molecule has 0 aromatic carbocycles. The molecule has 2 aliphatic heterocycles. The summed E-state index contributed by atoms with van der Waals surface area (Å²) in [6.45, 7) is 7.44. The Morgan fingerprint density at radius 1 is 1.33 bits per heavy atom. The molecule has 0 amide bonds. The van der Waals surface area contributed by atoms with E-state index in [0.717, 1.165) is 50.8 Å². The van der Waals surface area contributed by atoms with Gasteiger partial charge in [-0.2, -0.15) is 0 Å². The molecule has 0 aliphatic carbocycles. The Morgan fingerprint density at radius 2 is 2.22 bits per heavy atom. The van der Waals surface area contributed by atoms with Crippen LogP contribution < -0.4 is 0 Å². The van der Waals surface area contributed by atoms with Gasteiger partial charge in [-0.15, -0.1) is 0 Å². The third kappa shape index (κ3) is 2.54. The van der Waals surface area contributed by atoms with E-state index in [2.05, 4.69) is 21.8 Å². The van der Waals surface area contributed by atoms with Crippen LogP contribution in [0.3, 0.4) is 0 Å². The maximum absolute atomic E-state index is 5.46. The van der Waals surface area contributed by atoms with Gasteiger partial charge in [0, 0.05) is 44.0 Å². The Bertz CT molecular complexity index is 416. The van der Waals surface area contributed by atoms with E-state index in [0.29, 0.717) is 0 Å². The van der Waals surface area contributed by atoms with Gasteiger partial charge in [0.05, 0.1) is 6.61 Å². The third-order valence-corrected chi connectivity index (χ3v) is 4.13. The van der Waals surface area contributed by atoms with E-state index < -0.39 is 0 Å². The van der Waals surface area contributed by atoms with Crippen LogP contribution in [0.1, 0.15) is 23.4 Å². The van der Waals surface area contributed by atoms with E-state index in [1.165, 1.54) is 24.2 Å². The van der Waals surface area contributed by atoms with Crippen molar-refractivity contribution < 1.29 is 4.74 Å². The molecule has 2 aliphatic rings. The van der Waals surface area contributed by atoms with E-state index in [4.69, 9.17) is 4.74 Å². The zero-order valence-electron chi connectivity index (χ0n) is 11.1. The molecule has 0 N–H and O–H groups in total. The average molecular weight is 247 g/mol. The number of hydrogen-bond donors (Lipinski definition) is 0. The lowest BCUT2D eigenvalue weighted by atomic mass is 10.1. The fraction of sp³-hybridized carbons (Fsp3) is 0.714. The summed E-state index contributed by atoms with van der Waals surface area (Å²) in [6, 6.07) is 0. The Hall–Kier alpha value is -1.00. The van der Waals surface area contributed by atoms with Crippen molar-refractivity contribution in [2.24, 2.45) is 5.92 Å². The molecule has 3 heterocycles. The molecule has 3 rings (SSSR count). The van der Waals surface area contributed by atoms with Crippen LogP contribution in [-0.2, 0) is 17.6 Å². The number of fused-ring (bicyclic) bond motifs is 1. The Labute approximate surface area is 108 Å². The summed E-state index contributed by atoms with van der Waals surface area (Å²) in [5.74, 6) is 0.735. The van der Waals surface area contributed by atoms with Gasteiger partial charge in [0.2, 0.25) is 0 Å². The molecular weight excluding hydrogens is 226 g/mol. The monoisotopic (exact) mass is 247 g/mol. The van der Waals surface area contributed by atoms with Crippen molar-refractivity contribution in [3.05, 3.63) is 23.3 Å². The number of aryl methyl sites for hydroxylation is 1. The molecule has 0 radical (unpaired) electrons. The zero-order chi connectivity index (χ0) is 12.4. The minimum Gasteiger partial charge on any atom is -0.381 e. The highest BCUT2D eigenvalue weighted by atomic mass is 16.5. The summed E-state index contributed by atoms with van der Waals surface area (Å²) < 4.78 is 5.46. The average Bonchev–Trinajstić information content (AvgIpc) is 2.78. The second-order valence-electron chi connectivity index (χ2n) is 5.41. The van der Waals surface area contributed by atoms with Crippen molar-refractivity contribution in [2.75, 3.05) is 32.8 Å². The van der Waals surface area contributed by atoms with Crippen molar-refractivity contribution in [2.45, 2.75) is 26.2 Å². The second-order valence-corrected chi connectivity index (χ2v) is 5.41. The maximum atomic E-state index is 5.46. The molecule has 1 aromatic heterocycles. The summed E-state index contributed by atoms with van der Waals surface area (Å²) in [5.41, 5.74) is 3.79. The summed E-state index contributed by atoms with van der Waals surface area (Å²) >= 11 is 0. The van der Waals surface area contributed by atoms with E-state index in [9.17, 15) is 0 Å². The smallest absolute Gasteiger partial charge is 0.115 e. The second kappa shape index (κ2) is 5.33. The van der Waals surface area contributed by atoms with Gasteiger partial charge in [0.1, 0.15) is 6.33 Å². The van der Waals surface area contributed by atoms with Crippen molar-refractivity contribution in [3.8, 4) is 0 Å². The zero-order valence-corrected chi connectivity index (χ0v) is 11.1. The first-order chi connectivity index (χ1) is 8.83. The largest absolute Gasteiger partial charge is 0.381 e. The molecule has 4 heteroatoms. The summed E-state index contributed by atoms with van der Waals surface area (Å²) in [6.07, 6.45) is 5.08. The minimum atomic E-state index is 0.735. The minimum absolute atomic E-state index is 0.735. The summed E-state index contributed by atoms with van der Waals surface area (Å²) in [4.78, 5) is 11.3. The van der Waals surface area contributed by atoms with Crippen LogP contribution in [0.5, 0.6) is 0 Å². The van der Waals surface area contributed by atoms with Crippen LogP contribution in [0.15, 0.2) is 6.33 Å². The van der Waals surface area contributed by atoms with E-state index in [1.54, 1.807) is 6.33 Å². The lowest BCUT2D eigenvalue weighted by Crippen LogP contribution is -2.32. The molecule has 1 atom stereocenters. The quantitative estimate of drug-likeness (QED) is 0.787. The van der Waals surface area contributed by atoms with Crippen molar-refractivity contribution in [3.63, 3.8) is 0 Å². The van der Waals surface area contributed by atoms with Gasteiger partial charge in [-0.3, -0.25) is 0 Å². The van der Waals surface area contributed by atoms with Crippen LogP contribution in [0.25, 0.3) is 0 Å². The maximum Gasteiger partial charge on any atom is 0.115 e. The molecular formula is C14H21N3O. The van der Waals surface area contributed by atoms with Crippen molar-refractivity contribution in [1.29, 1.82) is 0 Å².